The molecule has 1 aliphatic heterocycles. The van der Waals surface area contributed by atoms with E-state index in [9.17, 15) is 4.79 Å². The van der Waals surface area contributed by atoms with E-state index < -0.39 is 0 Å². The van der Waals surface area contributed by atoms with Gasteiger partial charge in [-0.1, -0.05) is 15.9 Å². The fraction of sp³-hybridized carbons (Fsp3) is 0.286. The molecular weight excluding hydrogens is 308 g/mol. The first-order chi connectivity index (χ1) is 9.25. The number of hydrogen-bond acceptors (Lipinski definition) is 3. The summed E-state index contributed by atoms with van der Waals surface area (Å²) >= 11 is 3.48. The Morgan fingerprint density at radius 2 is 2.26 bits per heavy atom. The molecule has 3 rings (SSSR count). The zero-order chi connectivity index (χ0) is 13.2. The molecule has 4 nitrogen and oxygen atoms in total. The Labute approximate surface area is 119 Å². The monoisotopic (exact) mass is 320 g/mol. The number of carbonyl (C=O) groups excluding carboxylic acids is 1. The number of benzene rings is 1. The first kappa shape index (κ1) is 12.4. The van der Waals surface area contributed by atoms with Gasteiger partial charge in [0.15, 0.2) is 12.1 Å². The van der Waals surface area contributed by atoms with Crippen LogP contribution in [0.4, 0.5) is 5.69 Å². The molecular formula is C14H13BrN2O2. The van der Waals surface area contributed by atoms with Gasteiger partial charge in [-0.3, -0.25) is 4.79 Å². The van der Waals surface area contributed by atoms with E-state index in [-0.39, 0.29) is 5.91 Å². The summed E-state index contributed by atoms with van der Waals surface area (Å²) in [5.74, 6) is -0.0979. The number of amides is 1. The van der Waals surface area contributed by atoms with Gasteiger partial charge in [-0.2, -0.15) is 0 Å². The molecule has 0 aliphatic carbocycles. The summed E-state index contributed by atoms with van der Waals surface area (Å²) in [5, 5.41) is 0. The van der Waals surface area contributed by atoms with E-state index >= 15 is 0 Å². The molecule has 98 valence electrons. The van der Waals surface area contributed by atoms with Crippen molar-refractivity contribution in [1.29, 1.82) is 0 Å². The minimum absolute atomic E-state index is 0.0979. The van der Waals surface area contributed by atoms with Crippen molar-refractivity contribution in [3.8, 4) is 0 Å². The fourth-order valence-electron chi connectivity index (χ4n) is 2.39. The molecule has 5 heteroatoms. The maximum atomic E-state index is 12.5. The molecule has 0 atom stereocenters. The van der Waals surface area contributed by atoms with E-state index in [0.29, 0.717) is 5.69 Å². The quantitative estimate of drug-likeness (QED) is 0.808. The standard InChI is InChI=1S/C14H13BrN2O2/c15-11-4-5-13-10(7-11)3-1-2-6-17(13)14(18)12-8-19-9-16-12/h4-5,7-9H,1-3,6H2. The maximum absolute atomic E-state index is 12.5. The van der Waals surface area contributed by atoms with Gasteiger partial charge in [-0.15, -0.1) is 0 Å². The van der Waals surface area contributed by atoms with Crippen molar-refractivity contribution >= 4 is 27.5 Å². The van der Waals surface area contributed by atoms with Crippen molar-refractivity contribution in [3.05, 3.63) is 46.6 Å². The third-order valence-electron chi connectivity index (χ3n) is 3.31. The Bertz CT molecular complexity index is 595. The second-order valence-electron chi connectivity index (χ2n) is 4.56. The molecule has 2 aromatic rings. The van der Waals surface area contributed by atoms with Gasteiger partial charge in [0.2, 0.25) is 0 Å². The van der Waals surface area contributed by atoms with Crippen LogP contribution in [0.5, 0.6) is 0 Å². The first-order valence-electron chi connectivity index (χ1n) is 6.24. The average Bonchev–Trinajstić information content (AvgIpc) is 2.86. The van der Waals surface area contributed by atoms with Gasteiger partial charge in [0.25, 0.3) is 5.91 Å². The van der Waals surface area contributed by atoms with Crippen LogP contribution in [0.1, 0.15) is 28.9 Å². The minimum Gasteiger partial charge on any atom is -0.451 e. The van der Waals surface area contributed by atoms with Gasteiger partial charge < -0.3 is 9.32 Å². The first-order valence-corrected chi connectivity index (χ1v) is 7.03. The van der Waals surface area contributed by atoms with Gasteiger partial charge in [-0.05, 0) is 43.0 Å². The van der Waals surface area contributed by atoms with Gasteiger partial charge in [0.1, 0.15) is 6.26 Å². The van der Waals surface area contributed by atoms with E-state index in [1.807, 2.05) is 12.1 Å². The molecule has 19 heavy (non-hydrogen) atoms. The number of fused-ring (bicyclic) bond motifs is 1. The lowest BCUT2D eigenvalue weighted by Gasteiger charge is -2.22. The van der Waals surface area contributed by atoms with Crippen LogP contribution >= 0.6 is 15.9 Å². The summed E-state index contributed by atoms with van der Waals surface area (Å²) in [5.41, 5.74) is 2.54. The Hall–Kier alpha value is -1.62. The second-order valence-corrected chi connectivity index (χ2v) is 5.48. The average molecular weight is 321 g/mol. The van der Waals surface area contributed by atoms with Crippen LogP contribution in [0.15, 0.2) is 39.7 Å². The van der Waals surface area contributed by atoms with E-state index in [0.717, 1.165) is 36.0 Å². The fourth-order valence-corrected chi connectivity index (χ4v) is 2.80. The van der Waals surface area contributed by atoms with E-state index in [4.69, 9.17) is 4.42 Å². The number of anilines is 1. The molecule has 0 unspecified atom stereocenters. The molecule has 0 fully saturated rings. The third-order valence-corrected chi connectivity index (χ3v) is 3.80. The molecule has 0 N–H and O–H groups in total. The number of rotatable bonds is 1. The zero-order valence-corrected chi connectivity index (χ0v) is 11.9. The molecule has 1 aromatic carbocycles. The highest BCUT2D eigenvalue weighted by Gasteiger charge is 2.23. The SMILES string of the molecule is O=C(c1cocn1)N1CCCCc2cc(Br)ccc21. The number of hydrogen-bond donors (Lipinski definition) is 0. The van der Waals surface area contributed by atoms with E-state index in [1.165, 1.54) is 18.2 Å². The smallest absolute Gasteiger partial charge is 0.280 e. The maximum Gasteiger partial charge on any atom is 0.280 e. The van der Waals surface area contributed by atoms with Crippen LogP contribution in [0.3, 0.4) is 0 Å². The summed E-state index contributed by atoms with van der Waals surface area (Å²) in [6.45, 7) is 0.723. The van der Waals surface area contributed by atoms with Crippen molar-refractivity contribution in [2.75, 3.05) is 11.4 Å². The normalized spacial score (nSPS) is 14.9. The number of oxazole rings is 1. The van der Waals surface area contributed by atoms with Crippen LogP contribution in [-0.2, 0) is 6.42 Å². The molecule has 0 radical (unpaired) electrons. The largest absolute Gasteiger partial charge is 0.451 e. The molecule has 1 aromatic heterocycles. The highest BCUT2D eigenvalue weighted by atomic mass is 79.9. The van der Waals surface area contributed by atoms with Gasteiger partial charge in [0, 0.05) is 16.7 Å². The molecule has 0 saturated heterocycles. The summed E-state index contributed by atoms with van der Waals surface area (Å²) in [6.07, 6.45) is 5.76. The van der Waals surface area contributed by atoms with Crippen LogP contribution in [0.25, 0.3) is 0 Å². The number of nitrogens with zero attached hydrogens (tertiary/aromatic N) is 2. The lowest BCUT2D eigenvalue weighted by Crippen LogP contribution is -2.32. The minimum atomic E-state index is -0.0979. The van der Waals surface area contributed by atoms with Crippen molar-refractivity contribution in [2.24, 2.45) is 0 Å². The second kappa shape index (κ2) is 5.17. The summed E-state index contributed by atoms with van der Waals surface area (Å²) < 4.78 is 5.94. The van der Waals surface area contributed by atoms with Crippen LogP contribution < -0.4 is 4.90 Å². The summed E-state index contributed by atoms with van der Waals surface area (Å²) in [4.78, 5) is 18.2. The molecule has 1 aliphatic rings. The lowest BCUT2D eigenvalue weighted by atomic mass is 10.1. The van der Waals surface area contributed by atoms with E-state index in [2.05, 4.69) is 27.0 Å². The summed E-state index contributed by atoms with van der Waals surface area (Å²) in [7, 11) is 0. The van der Waals surface area contributed by atoms with Crippen LogP contribution in [-0.4, -0.2) is 17.4 Å². The lowest BCUT2D eigenvalue weighted by molar-refractivity contribution is 0.0982. The van der Waals surface area contributed by atoms with Crippen molar-refractivity contribution in [3.63, 3.8) is 0 Å². The van der Waals surface area contributed by atoms with Crippen molar-refractivity contribution in [2.45, 2.75) is 19.3 Å². The predicted molar refractivity (Wildman–Crippen MR) is 75.3 cm³/mol. The molecule has 0 bridgehead atoms. The topological polar surface area (TPSA) is 46.3 Å². The Morgan fingerprint density at radius 1 is 1.37 bits per heavy atom. The van der Waals surface area contributed by atoms with Gasteiger partial charge in [-0.25, -0.2) is 4.98 Å². The van der Waals surface area contributed by atoms with Crippen molar-refractivity contribution in [1.82, 2.24) is 4.98 Å². The summed E-state index contributed by atoms with van der Waals surface area (Å²) in [6, 6.07) is 6.04. The molecule has 0 spiro atoms. The number of carbonyl (C=O) groups is 1. The number of halogens is 1. The highest BCUT2D eigenvalue weighted by Crippen LogP contribution is 2.30. The highest BCUT2D eigenvalue weighted by molar-refractivity contribution is 9.10. The Balaban J connectivity index is 2.01. The van der Waals surface area contributed by atoms with Gasteiger partial charge >= 0.3 is 0 Å². The van der Waals surface area contributed by atoms with Crippen molar-refractivity contribution < 1.29 is 9.21 Å². The third kappa shape index (κ3) is 2.42. The predicted octanol–water partition coefficient (Wildman–Crippen LogP) is 3.42. The van der Waals surface area contributed by atoms with Crippen LogP contribution in [0.2, 0.25) is 0 Å². The number of aryl methyl sites for hydroxylation is 1. The number of aromatic nitrogens is 1. The Morgan fingerprint density at radius 3 is 3.05 bits per heavy atom. The van der Waals surface area contributed by atoms with E-state index in [1.54, 1.807) is 4.90 Å². The zero-order valence-electron chi connectivity index (χ0n) is 10.3. The molecule has 1 amide bonds. The molecule has 0 saturated carbocycles. The van der Waals surface area contributed by atoms with Crippen LogP contribution in [0, 0.1) is 0 Å². The van der Waals surface area contributed by atoms with Gasteiger partial charge in [0.05, 0.1) is 0 Å². The molecule has 2 heterocycles. The Kier molecular flexibility index (Phi) is 3.38.